The van der Waals surface area contributed by atoms with Crippen molar-refractivity contribution >= 4 is 41.3 Å². The highest BCUT2D eigenvalue weighted by Crippen LogP contribution is 2.40. The smallest absolute Gasteiger partial charge is 0.352 e. The van der Waals surface area contributed by atoms with Gasteiger partial charge in [0.1, 0.15) is 17.1 Å². The van der Waals surface area contributed by atoms with Gasteiger partial charge in [-0.3, -0.25) is 14.5 Å². The van der Waals surface area contributed by atoms with Gasteiger partial charge in [-0.25, -0.2) is 9.48 Å². The molecule has 0 bridgehead atoms. The SMILES string of the molecule is NC(=O)CCn1nnnc1SCC1=C(C(=O)O)N2C(=O)C(N)[C@H]2SC1. The van der Waals surface area contributed by atoms with E-state index in [9.17, 15) is 19.5 Å². The summed E-state index contributed by atoms with van der Waals surface area (Å²) in [5.41, 5.74) is 11.4. The van der Waals surface area contributed by atoms with E-state index in [1.807, 2.05) is 0 Å². The number of aromatic nitrogens is 4. The number of β-lactam (4-membered cyclic amide) rings is 1. The fourth-order valence-electron chi connectivity index (χ4n) is 2.50. The molecule has 0 saturated carbocycles. The molecule has 2 aliphatic rings. The van der Waals surface area contributed by atoms with Crippen molar-refractivity contribution in [3.8, 4) is 0 Å². The fourth-order valence-corrected chi connectivity index (χ4v) is 4.83. The van der Waals surface area contributed by atoms with Crippen molar-refractivity contribution in [1.29, 1.82) is 0 Å². The van der Waals surface area contributed by atoms with Crippen LogP contribution in [0.1, 0.15) is 6.42 Å². The van der Waals surface area contributed by atoms with Gasteiger partial charge in [-0.05, 0) is 16.0 Å². The topological polar surface area (TPSA) is 170 Å². The van der Waals surface area contributed by atoms with Crippen LogP contribution in [0.3, 0.4) is 0 Å². The molecule has 0 aliphatic carbocycles. The minimum atomic E-state index is -1.16. The number of nitrogens with two attached hydrogens (primary N) is 2. The van der Waals surface area contributed by atoms with E-state index in [0.717, 1.165) is 0 Å². The Kier molecular flexibility index (Phi) is 4.96. The Balaban J connectivity index is 1.74. The number of amides is 2. The van der Waals surface area contributed by atoms with E-state index in [0.29, 0.717) is 22.2 Å². The number of primary amides is 1. The molecule has 1 aromatic heterocycles. The van der Waals surface area contributed by atoms with E-state index >= 15 is 0 Å². The van der Waals surface area contributed by atoms with Crippen LogP contribution in [0.2, 0.25) is 0 Å². The number of fused-ring (bicyclic) bond motifs is 1. The summed E-state index contributed by atoms with van der Waals surface area (Å²) in [6.45, 7) is 0.242. The number of rotatable bonds is 7. The van der Waals surface area contributed by atoms with Crippen molar-refractivity contribution in [2.75, 3.05) is 11.5 Å². The highest BCUT2D eigenvalue weighted by Gasteiger charge is 2.51. The van der Waals surface area contributed by atoms with Crippen molar-refractivity contribution < 1.29 is 19.5 Å². The number of carbonyl (C=O) groups excluding carboxylic acids is 2. The first-order valence-corrected chi connectivity index (χ1v) is 9.26. The van der Waals surface area contributed by atoms with Crippen LogP contribution < -0.4 is 11.5 Å². The largest absolute Gasteiger partial charge is 0.477 e. The molecule has 2 aliphatic heterocycles. The van der Waals surface area contributed by atoms with Gasteiger partial charge in [0, 0.05) is 17.9 Å². The average molecular weight is 385 g/mol. The lowest BCUT2D eigenvalue weighted by Crippen LogP contribution is -2.68. The third kappa shape index (κ3) is 3.34. The van der Waals surface area contributed by atoms with Crippen molar-refractivity contribution in [3.63, 3.8) is 0 Å². The van der Waals surface area contributed by atoms with Gasteiger partial charge in [-0.1, -0.05) is 11.8 Å². The number of carbonyl (C=O) groups is 3. The first-order valence-electron chi connectivity index (χ1n) is 7.23. The Hall–Kier alpha value is -2.12. The van der Waals surface area contributed by atoms with Crippen LogP contribution in [0.4, 0.5) is 0 Å². The lowest BCUT2D eigenvalue weighted by atomic mass is 10.0. The number of hydrogen-bond acceptors (Lipinski definition) is 9. The molecule has 0 spiro atoms. The molecule has 11 nitrogen and oxygen atoms in total. The van der Waals surface area contributed by atoms with Gasteiger partial charge in [0.05, 0.1) is 6.54 Å². The molecule has 13 heteroatoms. The highest BCUT2D eigenvalue weighted by atomic mass is 32.2. The third-order valence-electron chi connectivity index (χ3n) is 3.74. The normalized spacial score (nSPS) is 22.6. The summed E-state index contributed by atoms with van der Waals surface area (Å²) < 4.78 is 1.43. The molecule has 2 atom stereocenters. The zero-order chi connectivity index (χ0) is 18.1. The molecule has 1 aromatic rings. The predicted octanol–water partition coefficient (Wildman–Crippen LogP) is -1.78. The average Bonchev–Trinajstić information content (AvgIpc) is 3.03. The number of aliphatic carboxylic acids is 1. The van der Waals surface area contributed by atoms with Crippen molar-refractivity contribution in [3.05, 3.63) is 11.3 Å². The van der Waals surface area contributed by atoms with Crippen LogP contribution in [0.15, 0.2) is 16.4 Å². The number of aryl methyl sites for hydroxylation is 1. The van der Waals surface area contributed by atoms with Gasteiger partial charge in [-0.2, -0.15) is 0 Å². The number of carboxylic acids is 1. The van der Waals surface area contributed by atoms with Crippen LogP contribution in [0.5, 0.6) is 0 Å². The maximum absolute atomic E-state index is 11.9. The molecular formula is C12H15N7O4S2. The number of nitrogens with zero attached hydrogens (tertiary/aromatic N) is 5. The molecule has 25 heavy (non-hydrogen) atoms. The zero-order valence-electron chi connectivity index (χ0n) is 12.9. The molecule has 3 rings (SSSR count). The summed E-state index contributed by atoms with van der Waals surface area (Å²) in [6.07, 6.45) is 0.0966. The van der Waals surface area contributed by atoms with Crippen molar-refractivity contribution in [2.24, 2.45) is 11.5 Å². The second-order valence-corrected chi connectivity index (χ2v) is 7.43. The monoisotopic (exact) mass is 385 g/mol. The van der Waals surface area contributed by atoms with Gasteiger partial charge in [0.15, 0.2) is 0 Å². The van der Waals surface area contributed by atoms with Crippen molar-refractivity contribution in [2.45, 2.75) is 29.5 Å². The first-order chi connectivity index (χ1) is 11.9. The minimum Gasteiger partial charge on any atom is -0.477 e. The summed E-state index contributed by atoms with van der Waals surface area (Å²) in [5, 5.41) is 20.8. The van der Waals surface area contributed by atoms with E-state index < -0.39 is 17.9 Å². The number of hydrogen-bond donors (Lipinski definition) is 3. The molecule has 0 radical (unpaired) electrons. The Labute approximate surface area is 150 Å². The molecule has 2 amide bonds. The minimum absolute atomic E-state index is 0.0147. The van der Waals surface area contributed by atoms with E-state index in [4.69, 9.17) is 11.5 Å². The quantitative estimate of drug-likeness (QED) is 0.360. The summed E-state index contributed by atoms with van der Waals surface area (Å²) >= 11 is 2.67. The lowest BCUT2D eigenvalue weighted by molar-refractivity contribution is -0.147. The maximum atomic E-state index is 11.9. The van der Waals surface area contributed by atoms with Crippen LogP contribution in [-0.4, -0.2) is 70.9 Å². The van der Waals surface area contributed by atoms with Gasteiger partial charge in [0.2, 0.25) is 17.0 Å². The predicted molar refractivity (Wildman–Crippen MR) is 88.1 cm³/mol. The van der Waals surface area contributed by atoms with Gasteiger partial charge >= 0.3 is 5.97 Å². The van der Waals surface area contributed by atoms with Crippen LogP contribution in [0.25, 0.3) is 0 Å². The Morgan fingerprint density at radius 3 is 2.88 bits per heavy atom. The number of tetrazole rings is 1. The fraction of sp³-hybridized carbons (Fsp3) is 0.500. The van der Waals surface area contributed by atoms with E-state index in [2.05, 4.69) is 15.5 Å². The first kappa shape index (κ1) is 17.7. The molecular weight excluding hydrogens is 370 g/mol. The van der Waals surface area contributed by atoms with E-state index in [1.165, 1.54) is 33.1 Å². The van der Waals surface area contributed by atoms with Crippen LogP contribution in [0, 0.1) is 0 Å². The molecule has 5 N–H and O–H groups in total. The second-order valence-electron chi connectivity index (χ2n) is 5.38. The second kappa shape index (κ2) is 7.01. The molecule has 1 saturated heterocycles. The van der Waals surface area contributed by atoms with Gasteiger partial charge in [0.25, 0.3) is 0 Å². The van der Waals surface area contributed by atoms with Gasteiger partial charge < -0.3 is 16.6 Å². The third-order valence-corrected chi connectivity index (χ3v) is 6.14. The number of thioether (sulfide) groups is 2. The lowest BCUT2D eigenvalue weighted by Gasteiger charge is -2.48. The van der Waals surface area contributed by atoms with Gasteiger partial charge in [-0.15, -0.1) is 16.9 Å². The maximum Gasteiger partial charge on any atom is 0.352 e. The standard InChI is InChI=1S/C12H15N7O4S2/c13-6(20)1-2-18-12(15-16-17-18)25-4-5-3-24-10-7(14)9(21)19(10)8(5)11(22)23/h7,10H,1-4,14H2,(H2,13,20)(H,22,23)/t7?,10-/m1/s1. The molecule has 1 unspecified atom stereocenters. The van der Waals surface area contributed by atoms with Crippen LogP contribution >= 0.6 is 23.5 Å². The molecule has 1 fully saturated rings. The number of carboxylic acid groups (broad SMARTS) is 1. The van der Waals surface area contributed by atoms with E-state index in [-0.39, 0.29) is 29.9 Å². The summed E-state index contributed by atoms with van der Waals surface area (Å²) in [6, 6.07) is -0.658. The Morgan fingerprint density at radius 1 is 1.44 bits per heavy atom. The Bertz CT molecular complexity index is 764. The van der Waals surface area contributed by atoms with Crippen LogP contribution in [-0.2, 0) is 20.9 Å². The summed E-state index contributed by atoms with van der Waals surface area (Å²) in [4.78, 5) is 35.6. The molecule has 0 aromatic carbocycles. The summed E-state index contributed by atoms with van der Waals surface area (Å²) in [5.74, 6) is -1.25. The summed E-state index contributed by atoms with van der Waals surface area (Å²) in [7, 11) is 0. The molecule has 3 heterocycles. The molecule has 134 valence electrons. The zero-order valence-corrected chi connectivity index (χ0v) is 14.5. The van der Waals surface area contributed by atoms with E-state index in [1.54, 1.807) is 0 Å². The van der Waals surface area contributed by atoms with Crippen molar-refractivity contribution in [1.82, 2.24) is 25.1 Å². The Morgan fingerprint density at radius 2 is 2.20 bits per heavy atom. The highest BCUT2D eigenvalue weighted by molar-refractivity contribution is 8.01.